The summed E-state index contributed by atoms with van der Waals surface area (Å²) in [6.07, 6.45) is 0.740. The average Bonchev–Trinajstić information content (AvgIpc) is 3.08. The molecule has 1 saturated heterocycles. The number of aldehydes is 1. The topological polar surface area (TPSA) is 63.2 Å². The zero-order valence-corrected chi connectivity index (χ0v) is 25.1. The molecule has 1 aliphatic rings. The van der Waals surface area contributed by atoms with Crippen molar-refractivity contribution in [3.05, 3.63) is 144 Å². The van der Waals surface area contributed by atoms with Gasteiger partial charge in [0.25, 0.3) is 0 Å². The van der Waals surface area contributed by atoms with Gasteiger partial charge in [-0.15, -0.1) is 0 Å². The molecule has 230 valence electrons. The highest BCUT2D eigenvalue weighted by Crippen LogP contribution is 2.33. The van der Waals surface area contributed by atoms with Crippen LogP contribution in [0, 0.1) is 0 Å². The zero-order chi connectivity index (χ0) is 30.2. The maximum absolute atomic E-state index is 11.2. The number of carbonyl (C=O) groups excluding carboxylic acids is 1. The van der Waals surface area contributed by atoms with Crippen molar-refractivity contribution >= 4 is 6.29 Å². The molecule has 0 bridgehead atoms. The molecule has 0 aliphatic carbocycles. The highest BCUT2D eigenvalue weighted by atomic mass is 16.6. The molecule has 1 fully saturated rings. The molecule has 1 aliphatic heterocycles. The molecule has 4 aromatic carbocycles. The Kier molecular flexibility index (Phi) is 12.7. The first-order valence-corrected chi connectivity index (χ1v) is 15.5. The molecule has 0 amide bonds. The van der Waals surface area contributed by atoms with Gasteiger partial charge in [-0.25, -0.2) is 0 Å². The molecule has 4 aromatic rings. The van der Waals surface area contributed by atoms with Crippen LogP contribution in [0.15, 0.2) is 121 Å². The third-order valence-electron chi connectivity index (χ3n) is 7.79. The van der Waals surface area contributed by atoms with Crippen molar-refractivity contribution in [1.29, 1.82) is 0 Å². The number of ether oxygens (including phenoxy) is 5. The van der Waals surface area contributed by atoms with Crippen molar-refractivity contribution in [3.63, 3.8) is 0 Å². The number of benzene rings is 4. The zero-order valence-electron chi connectivity index (χ0n) is 25.1. The Labute approximate surface area is 260 Å². The molecule has 5 atom stereocenters. The highest BCUT2D eigenvalue weighted by molar-refractivity contribution is 5.48. The maximum Gasteiger partial charge on any atom is 0.119 e. The van der Waals surface area contributed by atoms with Crippen LogP contribution in [0.5, 0.6) is 0 Å². The number of hydrogen-bond donors (Lipinski definition) is 0. The van der Waals surface area contributed by atoms with E-state index >= 15 is 0 Å². The third kappa shape index (κ3) is 9.68. The molecular formula is C38H42O6. The predicted octanol–water partition coefficient (Wildman–Crippen LogP) is 7.10. The monoisotopic (exact) mass is 594 g/mol. The maximum atomic E-state index is 11.2. The lowest BCUT2D eigenvalue weighted by Crippen LogP contribution is -2.61. The van der Waals surface area contributed by atoms with Crippen molar-refractivity contribution in [2.75, 3.05) is 6.61 Å². The summed E-state index contributed by atoms with van der Waals surface area (Å²) in [5.74, 6) is 0. The van der Waals surface area contributed by atoms with Gasteiger partial charge >= 0.3 is 0 Å². The second-order valence-corrected chi connectivity index (χ2v) is 11.1. The van der Waals surface area contributed by atoms with E-state index in [9.17, 15) is 4.79 Å². The van der Waals surface area contributed by atoms with E-state index in [4.69, 9.17) is 23.7 Å². The minimum atomic E-state index is -0.460. The Bertz CT molecular complexity index is 1340. The van der Waals surface area contributed by atoms with Gasteiger partial charge in [-0.1, -0.05) is 121 Å². The Morgan fingerprint density at radius 1 is 0.523 bits per heavy atom. The first kappa shape index (κ1) is 31.8. The number of hydrogen-bond acceptors (Lipinski definition) is 6. The fourth-order valence-electron chi connectivity index (χ4n) is 5.52. The smallest absolute Gasteiger partial charge is 0.119 e. The minimum Gasteiger partial charge on any atom is -0.374 e. The Balaban J connectivity index is 1.42. The molecule has 5 rings (SSSR count). The van der Waals surface area contributed by atoms with Crippen molar-refractivity contribution in [1.82, 2.24) is 0 Å². The summed E-state index contributed by atoms with van der Waals surface area (Å²) in [5, 5.41) is 0. The molecule has 0 aromatic heterocycles. The molecule has 0 radical (unpaired) electrons. The summed E-state index contributed by atoms with van der Waals surface area (Å²) in [6.45, 7) is 2.00. The van der Waals surface area contributed by atoms with Gasteiger partial charge in [-0.05, 0) is 35.1 Å². The lowest BCUT2D eigenvalue weighted by atomic mass is 9.91. The molecule has 0 saturated carbocycles. The SMILES string of the molecule is O=CCCC[C@@H]1O[C@H](COCc2ccccc2)[C@H](OCc2ccccc2)[C@H](OCc2ccccc2)[C@H]1OCc1ccccc1. The Morgan fingerprint density at radius 3 is 1.39 bits per heavy atom. The van der Waals surface area contributed by atoms with Crippen molar-refractivity contribution in [2.24, 2.45) is 0 Å². The highest BCUT2D eigenvalue weighted by Gasteiger charge is 2.48. The lowest BCUT2D eigenvalue weighted by molar-refractivity contribution is -0.273. The van der Waals surface area contributed by atoms with Gasteiger partial charge < -0.3 is 28.5 Å². The van der Waals surface area contributed by atoms with E-state index in [0.29, 0.717) is 52.3 Å². The van der Waals surface area contributed by atoms with Crippen LogP contribution in [0.2, 0.25) is 0 Å². The first-order valence-electron chi connectivity index (χ1n) is 15.5. The van der Waals surface area contributed by atoms with Crippen LogP contribution in [-0.4, -0.2) is 43.4 Å². The molecule has 0 unspecified atom stereocenters. The Hall–Kier alpha value is -3.65. The molecule has 6 heteroatoms. The van der Waals surface area contributed by atoms with Gasteiger partial charge in [0.05, 0.1) is 39.1 Å². The summed E-state index contributed by atoms with van der Waals surface area (Å²) in [7, 11) is 0. The second-order valence-electron chi connectivity index (χ2n) is 11.1. The summed E-state index contributed by atoms with van der Waals surface area (Å²) >= 11 is 0. The summed E-state index contributed by atoms with van der Waals surface area (Å²) in [6, 6.07) is 40.5. The fourth-order valence-corrected chi connectivity index (χ4v) is 5.52. The summed E-state index contributed by atoms with van der Waals surface area (Å²) in [5.41, 5.74) is 4.29. The van der Waals surface area contributed by atoms with Gasteiger partial charge in [0, 0.05) is 6.42 Å². The largest absolute Gasteiger partial charge is 0.374 e. The van der Waals surface area contributed by atoms with Crippen LogP contribution < -0.4 is 0 Å². The van der Waals surface area contributed by atoms with Crippen LogP contribution in [0.4, 0.5) is 0 Å². The van der Waals surface area contributed by atoms with E-state index in [1.54, 1.807) is 0 Å². The number of carbonyl (C=O) groups is 1. The lowest BCUT2D eigenvalue weighted by Gasteiger charge is -2.46. The van der Waals surface area contributed by atoms with E-state index in [1.807, 2.05) is 84.9 Å². The van der Waals surface area contributed by atoms with Crippen LogP contribution in [0.1, 0.15) is 41.5 Å². The van der Waals surface area contributed by atoms with E-state index in [1.165, 1.54) is 0 Å². The number of rotatable bonds is 17. The van der Waals surface area contributed by atoms with Crippen LogP contribution >= 0.6 is 0 Å². The first-order chi connectivity index (χ1) is 21.8. The molecule has 0 N–H and O–H groups in total. The average molecular weight is 595 g/mol. The van der Waals surface area contributed by atoms with Crippen LogP contribution in [0.3, 0.4) is 0 Å². The molecular weight excluding hydrogens is 552 g/mol. The van der Waals surface area contributed by atoms with Gasteiger partial charge in [-0.2, -0.15) is 0 Å². The minimum absolute atomic E-state index is 0.304. The van der Waals surface area contributed by atoms with Gasteiger partial charge in [0.1, 0.15) is 30.7 Å². The van der Waals surface area contributed by atoms with Gasteiger partial charge in [-0.3, -0.25) is 0 Å². The normalized spacial score (nSPS) is 21.6. The van der Waals surface area contributed by atoms with Crippen molar-refractivity contribution < 1.29 is 28.5 Å². The molecule has 0 spiro atoms. The standard InChI is InChI=1S/C38H42O6/c39-24-14-13-23-34-36(41-26-31-17-7-2-8-18-31)38(43-28-33-21-11-4-12-22-33)37(42-27-32-19-9-3-10-20-32)35(44-34)29-40-25-30-15-5-1-6-16-30/h1-12,15-22,24,34-38H,13-14,23,25-29H2/t34-,35+,36-,37-,38+/m0/s1. The molecule has 6 nitrogen and oxygen atoms in total. The van der Waals surface area contributed by atoms with Gasteiger partial charge in [0.15, 0.2) is 0 Å². The van der Waals surface area contributed by atoms with E-state index in [2.05, 4.69) is 36.4 Å². The Morgan fingerprint density at radius 2 is 0.932 bits per heavy atom. The van der Waals surface area contributed by atoms with E-state index in [0.717, 1.165) is 28.5 Å². The van der Waals surface area contributed by atoms with Crippen LogP contribution in [-0.2, 0) is 54.9 Å². The van der Waals surface area contributed by atoms with Crippen molar-refractivity contribution in [2.45, 2.75) is 76.2 Å². The van der Waals surface area contributed by atoms with Crippen LogP contribution in [0.25, 0.3) is 0 Å². The molecule has 44 heavy (non-hydrogen) atoms. The second kappa shape index (κ2) is 17.6. The summed E-state index contributed by atoms with van der Waals surface area (Å²) in [4.78, 5) is 11.2. The van der Waals surface area contributed by atoms with E-state index < -0.39 is 24.4 Å². The van der Waals surface area contributed by atoms with Crippen molar-refractivity contribution in [3.8, 4) is 0 Å². The molecule has 1 heterocycles. The summed E-state index contributed by atoms with van der Waals surface area (Å²) < 4.78 is 33.1. The quantitative estimate of drug-likeness (QED) is 0.0960. The number of unbranched alkanes of at least 4 members (excludes halogenated alkanes) is 1. The van der Waals surface area contributed by atoms with E-state index in [-0.39, 0.29) is 6.10 Å². The van der Waals surface area contributed by atoms with Gasteiger partial charge in [0.2, 0.25) is 0 Å². The third-order valence-corrected chi connectivity index (χ3v) is 7.79. The predicted molar refractivity (Wildman–Crippen MR) is 170 cm³/mol. The fraction of sp³-hybridized carbons (Fsp3) is 0.342.